The Morgan fingerprint density at radius 3 is 2.60 bits per heavy atom. The van der Waals surface area contributed by atoms with E-state index in [2.05, 4.69) is 16.8 Å². The predicted octanol–water partition coefficient (Wildman–Crippen LogP) is 2.77. The number of nitrogens with zero attached hydrogens (tertiary/aromatic N) is 2. The first-order chi connectivity index (χ1) is 9.79. The highest BCUT2D eigenvalue weighted by atomic mass is 16.1. The lowest BCUT2D eigenvalue weighted by molar-refractivity contribution is 0.234. The van der Waals surface area contributed by atoms with Crippen LogP contribution in [0.3, 0.4) is 0 Å². The molecule has 1 aromatic carbocycles. The maximum atomic E-state index is 12.3. The lowest BCUT2D eigenvalue weighted by Gasteiger charge is -2.27. The Balaban J connectivity index is 1.87. The number of hydrogen-bond acceptors (Lipinski definition) is 2. The first kappa shape index (κ1) is 13.4. The van der Waals surface area contributed by atoms with E-state index in [4.69, 9.17) is 0 Å². The highest BCUT2D eigenvalue weighted by molar-refractivity contribution is 5.75. The molecule has 0 atom stereocenters. The van der Waals surface area contributed by atoms with Gasteiger partial charge in [0, 0.05) is 6.04 Å². The fraction of sp³-hybridized carbons (Fsp3) is 0.562. The molecular weight excluding hydrogens is 250 g/mol. The molecule has 1 aliphatic rings. The maximum absolute atomic E-state index is 12.3. The third kappa shape index (κ3) is 2.52. The Kier molecular flexibility index (Phi) is 3.92. The number of aromatic nitrogens is 2. The topological polar surface area (TPSA) is 41.0 Å². The van der Waals surface area contributed by atoms with Crippen molar-refractivity contribution in [2.24, 2.45) is 0 Å². The molecule has 2 heterocycles. The van der Waals surface area contributed by atoms with Crippen LogP contribution in [0.5, 0.6) is 0 Å². The molecule has 0 radical (unpaired) electrons. The molecule has 1 N–H and O–H groups in total. The van der Waals surface area contributed by atoms with Gasteiger partial charge in [-0.1, -0.05) is 19.1 Å². The van der Waals surface area contributed by atoms with Crippen LogP contribution < -0.4 is 5.69 Å². The van der Waals surface area contributed by atoms with Crippen molar-refractivity contribution >= 4 is 11.0 Å². The van der Waals surface area contributed by atoms with E-state index in [-0.39, 0.29) is 5.69 Å². The van der Waals surface area contributed by atoms with Gasteiger partial charge in [-0.25, -0.2) is 4.79 Å². The molecule has 1 aromatic heterocycles. The fourth-order valence-corrected chi connectivity index (χ4v) is 3.37. The Bertz CT molecular complexity index is 618. The number of aromatic amines is 1. The lowest BCUT2D eigenvalue weighted by atomic mass is 10.0. The Morgan fingerprint density at radius 1 is 1.20 bits per heavy atom. The standard InChI is InChI=1S/C16H23N3O/c1-2-18-11-5-7-13(8-6-12-18)19-15-10-4-3-9-14(15)17-16(19)20/h3-4,9-10,13H,2,5-8,11-12H2,1H3,(H,17,20). The molecule has 0 unspecified atom stereocenters. The van der Waals surface area contributed by atoms with Crippen LogP contribution in [0.4, 0.5) is 0 Å². The molecule has 0 saturated carbocycles. The molecule has 3 rings (SSSR count). The van der Waals surface area contributed by atoms with Crippen molar-refractivity contribution in [3.63, 3.8) is 0 Å². The van der Waals surface area contributed by atoms with Crippen molar-refractivity contribution in [3.05, 3.63) is 34.7 Å². The van der Waals surface area contributed by atoms with Gasteiger partial charge in [-0.05, 0) is 57.5 Å². The highest BCUT2D eigenvalue weighted by Gasteiger charge is 2.19. The van der Waals surface area contributed by atoms with Gasteiger partial charge in [-0.15, -0.1) is 0 Å². The molecule has 20 heavy (non-hydrogen) atoms. The smallest absolute Gasteiger partial charge is 0.306 e. The average molecular weight is 273 g/mol. The number of benzene rings is 1. The van der Waals surface area contributed by atoms with Gasteiger partial charge in [-0.3, -0.25) is 4.57 Å². The number of rotatable bonds is 2. The third-order valence-electron chi connectivity index (χ3n) is 4.46. The Hall–Kier alpha value is -1.55. The van der Waals surface area contributed by atoms with E-state index >= 15 is 0 Å². The summed E-state index contributed by atoms with van der Waals surface area (Å²) in [6.07, 6.45) is 4.53. The molecule has 1 saturated heterocycles. The third-order valence-corrected chi connectivity index (χ3v) is 4.46. The monoisotopic (exact) mass is 273 g/mol. The van der Waals surface area contributed by atoms with Crippen molar-refractivity contribution in [3.8, 4) is 0 Å². The summed E-state index contributed by atoms with van der Waals surface area (Å²) in [4.78, 5) is 17.7. The summed E-state index contributed by atoms with van der Waals surface area (Å²) in [5.74, 6) is 0. The molecule has 0 spiro atoms. The van der Waals surface area contributed by atoms with Gasteiger partial charge in [0.2, 0.25) is 0 Å². The lowest BCUT2D eigenvalue weighted by Crippen LogP contribution is -2.31. The normalized spacial score (nSPS) is 19.1. The quantitative estimate of drug-likeness (QED) is 0.914. The Morgan fingerprint density at radius 2 is 1.90 bits per heavy atom. The molecule has 4 heteroatoms. The second-order valence-corrected chi connectivity index (χ2v) is 5.69. The Labute approximate surface area is 119 Å². The average Bonchev–Trinajstić information content (AvgIpc) is 2.75. The second kappa shape index (κ2) is 5.83. The minimum atomic E-state index is 0.0455. The van der Waals surface area contributed by atoms with E-state index in [1.54, 1.807) is 0 Å². The van der Waals surface area contributed by atoms with E-state index < -0.39 is 0 Å². The fourth-order valence-electron chi connectivity index (χ4n) is 3.37. The zero-order valence-electron chi connectivity index (χ0n) is 12.1. The molecule has 0 bridgehead atoms. The van der Waals surface area contributed by atoms with Gasteiger partial charge >= 0.3 is 5.69 Å². The van der Waals surface area contributed by atoms with Crippen LogP contribution >= 0.6 is 0 Å². The largest absolute Gasteiger partial charge is 0.326 e. The van der Waals surface area contributed by atoms with Crippen LogP contribution in [-0.2, 0) is 0 Å². The summed E-state index contributed by atoms with van der Waals surface area (Å²) in [5.41, 5.74) is 2.05. The highest BCUT2D eigenvalue weighted by Crippen LogP contribution is 2.25. The van der Waals surface area contributed by atoms with Crippen LogP contribution in [0.1, 0.15) is 38.6 Å². The number of imidazole rings is 1. The second-order valence-electron chi connectivity index (χ2n) is 5.69. The van der Waals surface area contributed by atoms with Crippen LogP contribution in [0.2, 0.25) is 0 Å². The van der Waals surface area contributed by atoms with Gasteiger partial charge < -0.3 is 9.88 Å². The van der Waals surface area contributed by atoms with E-state index in [0.717, 1.165) is 43.5 Å². The van der Waals surface area contributed by atoms with Crippen molar-refractivity contribution in [2.45, 2.75) is 38.6 Å². The van der Waals surface area contributed by atoms with E-state index in [0.29, 0.717) is 6.04 Å². The molecule has 4 nitrogen and oxygen atoms in total. The van der Waals surface area contributed by atoms with Crippen LogP contribution in [0.25, 0.3) is 11.0 Å². The van der Waals surface area contributed by atoms with Gasteiger partial charge in [0.25, 0.3) is 0 Å². The number of hydrogen-bond donors (Lipinski definition) is 1. The maximum Gasteiger partial charge on any atom is 0.326 e. The molecule has 108 valence electrons. The first-order valence-corrected chi connectivity index (χ1v) is 7.71. The van der Waals surface area contributed by atoms with Gasteiger partial charge in [-0.2, -0.15) is 0 Å². The SMILES string of the molecule is CCN1CCCC(n2c(=O)[nH]c3ccccc32)CCC1. The summed E-state index contributed by atoms with van der Waals surface area (Å²) >= 11 is 0. The minimum Gasteiger partial charge on any atom is -0.306 e. The number of para-hydroxylation sites is 2. The number of nitrogens with one attached hydrogen (secondary N) is 1. The molecular formula is C16H23N3O. The molecule has 1 aliphatic heterocycles. The summed E-state index contributed by atoms with van der Waals surface area (Å²) < 4.78 is 1.98. The first-order valence-electron chi connectivity index (χ1n) is 7.71. The van der Waals surface area contributed by atoms with Crippen LogP contribution in [0, 0.1) is 0 Å². The number of fused-ring (bicyclic) bond motifs is 1. The number of H-pyrrole nitrogens is 1. The van der Waals surface area contributed by atoms with Gasteiger partial charge in [0.05, 0.1) is 11.0 Å². The zero-order valence-corrected chi connectivity index (χ0v) is 12.1. The summed E-state index contributed by atoms with van der Waals surface area (Å²) in [5, 5.41) is 0. The van der Waals surface area contributed by atoms with Gasteiger partial charge in [0.15, 0.2) is 0 Å². The number of likely N-dealkylation sites (tertiary alicyclic amines) is 1. The van der Waals surface area contributed by atoms with Crippen molar-refractivity contribution in [2.75, 3.05) is 19.6 Å². The van der Waals surface area contributed by atoms with E-state index in [1.807, 2.05) is 28.8 Å². The van der Waals surface area contributed by atoms with Crippen LogP contribution in [0.15, 0.2) is 29.1 Å². The molecule has 0 aliphatic carbocycles. The molecule has 1 fully saturated rings. The summed E-state index contributed by atoms with van der Waals surface area (Å²) in [6, 6.07) is 8.35. The van der Waals surface area contributed by atoms with E-state index in [9.17, 15) is 4.79 Å². The van der Waals surface area contributed by atoms with Crippen LogP contribution in [-0.4, -0.2) is 34.1 Å². The predicted molar refractivity (Wildman–Crippen MR) is 82.2 cm³/mol. The van der Waals surface area contributed by atoms with Gasteiger partial charge in [0.1, 0.15) is 0 Å². The van der Waals surface area contributed by atoms with E-state index in [1.165, 1.54) is 12.8 Å². The molecule has 2 aromatic rings. The van der Waals surface area contributed by atoms with Crippen molar-refractivity contribution in [1.29, 1.82) is 0 Å². The van der Waals surface area contributed by atoms with Crippen molar-refractivity contribution < 1.29 is 0 Å². The van der Waals surface area contributed by atoms with Crippen molar-refractivity contribution in [1.82, 2.24) is 14.5 Å². The molecule has 0 amide bonds. The zero-order chi connectivity index (χ0) is 13.9. The summed E-state index contributed by atoms with van der Waals surface area (Å²) in [6.45, 7) is 5.68. The summed E-state index contributed by atoms with van der Waals surface area (Å²) in [7, 11) is 0. The minimum absolute atomic E-state index is 0.0455.